The summed E-state index contributed by atoms with van der Waals surface area (Å²) in [5.74, 6) is 0.544. The quantitative estimate of drug-likeness (QED) is 0.509. The van der Waals surface area contributed by atoms with Crippen molar-refractivity contribution >= 4 is 22.4 Å². The van der Waals surface area contributed by atoms with Crippen molar-refractivity contribution in [3.05, 3.63) is 72.2 Å². The Morgan fingerprint density at radius 2 is 2.04 bits per heavy atom. The summed E-state index contributed by atoms with van der Waals surface area (Å²) in [6.45, 7) is 4.06. The summed E-state index contributed by atoms with van der Waals surface area (Å²) in [6.07, 6.45) is 3.74. The minimum atomic E-state index is -0.260. The lowest BCUT2D eigenvalue weighted by molar-refractivity contribution is -0.141. The van der Waals surface area contributed by atoms with E-state index in [2.05, 4.69) is 27.4 Å². The molecule has 0 unspecified atom stereocenters. The van der Waals surface area contributed by atoms with Crippen LogP contribution in [0.15, 0.2) is 66.5 Å². The van der Waals surface area contributed by atoms with E-state index in [0.29, 0.717) is 6.61 Å². The van der Waals surface area contributed by atoms with Crippen LogP contribution in [-0.4, -0.2) is 22.1 Å². The first-order valence-corrected chi connectivity index (χ1v) is 8.32. The fraction of sp³-hybridized carbons (Fsp3) is 0.190. The molecule has 3 rings (SSSR count). The predicted molar refractivity (Wildman–Crippen MR) is 99.5 cm³/mol. The van der Waals surface area contributed by atoms with Crippen molar-refractivity contribution in [3.63, 3.8) is 0 Å². The second-order valence-electron chi connectivity index (χ2n) is 5.51. The molecule has 0 N–H and O–H groups in total. The van der Waals surface area contributed by atoms with Gasteiger partial charge in [-0.05, 0) is 44.2 Å². The third kappa shape index (κ3) is 3.54. The van der Waals surface area contributed by atoms with Gasteiger partial charge in [0.05, 0.1) is 24.2 Å². The number of nitrogens with zero attached hydrogens (tertiary/aromatic N) is 2. The molecule has 0 saturated heterocycles. The van der Waals surface area contributed by atoms with Gasteiger partial charge >= 0.3 is 5.97 Å². The van der Waals surface area contributed by atoms with Gasteiger partial charge in [0, 0.05) is 17.2 Å². The van der Waals surface area contributed by atoms with Crippen molar-refractivity contribution in [2.24, 2.45) is 0 Å². The van der Waals surface area contributed by atoms with Crippen LogP contribution in [0.1, 0.15) is 26.0 Å². The van der Waals surface area contributed by atoms with Crippen molar-refractivity contribution < 1.29 is 9.53 Å². The molecular weight excluding hydrogens is 312 g/mol. The number of carbonyl (C=O) groups is 1. The first-order valence-electron chi connectivity index (χ1n) is 8.32. The first-order chi connectivity index (χ1) is 12.2. The molecule has 0 bridgehead atoms. The molecule has 0 saturated carbocycles. The molecule has 4 heteroatoms. The maximum atomic E-state index is 12.0. The average Bonchev–Trinajstić information content (AvgIpc) is 3.02. The molecule has 1 aromatic carbocycles. The topological polar surface area (TPSA) is 44.1 Å². The number of esters is 1. The Morgan fingerprint density at radius 1 is 1.24 bits per heavy atom. The second-order valence-corrected chi connectivity index (χ2v) is 5.51. The van der Waals surface area contributed by atoms with E-state index in [0.717, 1.165) is 28.0 Å². The van der Waals surface area contributed by atoms with Gasteiger partial charge < -0.3 is 4.74 Å². The van der Waals surface area contributed by atoms with Crippen molar-refractivity contribution in [1.29, 1.82) is 0 Å². The Labute approximate surface area is 147 Å². The Hall–Kier alpha value is -3.10. The van der Waals surface area contributed by atoms with Crippen LogP contribution in [0.3, 0.4) is 0 Å². The number of hydrogen-bond donors (Lipinski definition) is 0. The lowest BCUT2D eigenvalue weighted by atomic mass is 10.1. The van der Waals surface area contributed by atoms with Crippen molar-refractivity contribution in [1.82, 2.24) is 9.55 Å². The summed E-state index contributed by atoms with van der Waals surface area (Å²) >= 11 is 0. The summed E-state index contributed by atoms with van der Waals surface area (Å²) < 4.78 is 7.18. The van der Waals surface area contributed by atoms with Crippen LogP contribution in [0.5, 0.6) is 0 Å². The number of pyridine rings is 1. The highest BCUT2D eigenvalue weighted by Gasteiger charge is 2.17. The molecule has 4 nitrogen and oxygen atoms in total. The predicted octanol–water partition coefficient (Wildman–Crippen LogP) is 4.54. The summed E-state index contributed by atoms with van der Waals surface area (Å²) in [5.41, 5.74) is 5.91. The number of rotatable bonds is 5. The van der Waals surface area contributed by atoms with Crippen molar-refractivity contribution in [2.75, 3.05) is 6.61 Å². The van der Waals surface area contributed by atoms with Gasteiger partial charge in [-0.15, -0.1) is 5.73 Å². The van der Waals surface area contributed by atoms with E-state index < -0.39 is 0 Å². The molecule has 0 amide bonds. The highest BCUT2D eigenvalue weighted by atomic mass is 16.5. The van der Waals surface area contributed by atoms with Crippen LogP contribution in [-0.2, 0) is 9.53 Å². The molecule has 0 atom stereocenters. The Morgan fingerprint density at radius 3 is 2.76 bits per heavy atom. The fourth-order valence-corrected chi connectivity index (χ4v) is 2.86. The van der Waals surface area contributed by atoms with Gasteiger partial charge in [-0.25, -0.2) is 4.98 Å². The monoisotopic (exact) mass is 332 g/mol. The van der Waals surface area contributed by atoms with Crippen molar-refractivity contribution in [3.8, 4) is 5.82 Å². The smallest absolute Gasteiger partial charge is 0.310 e. The van der Waals surface area contributed by atoms with Crippen LogP contribution in [0.4, 0.5) is 0 Å². The first kappa shape index (κ1) is 16.7. The van der Waals surface area contributed by atoms with E-state index in [9.17, 15) is 4.79 Å². The highest BCUT2D eigenvalue weighted by Crippen LogP contribution is 2.29. The zero-order valence-corrected chi connectivity index (χ0v) is 14.4. The SMILES string of the molecule is CC=C=C(CC(=O)OCC)c1cc2ccccc2n1-c1ccccn1. The minimum Gasteiger partial charge on any atom is -0.466 e. The molecule has 0 aliphatic carbocycles. The third-order valence-electron chi connectivity index (χ3n) is 3.84. The van der Waals surface area contributed by atoms with Crippen LogP contribution in [0.25, 0.3) is 22.3 Å². The zero-order valence-electron chi connectivity index (χ0n) is 14.4. The zero-order chi connectivity index (χ0) is 17.6. The van der Waals surface area contributed by atoms with E-state index in [1.807, 2.05) is 56.3 Å². The standard InChI is InChI=1S/C21H20N2O2/c1-3-9-16(15-21(24)25-4-2)19-14-17-10-5-6-11-18(17)23(19)20-12-7-8-13-22-20/h3,5-8,10-14H,4,15H2,1-2H3. The van der Waals surface area contributed by atoms with E-state index >= 15 is 0 Å². The maximum Gasteiger partial charge on any atom is 0.310 e. The highest BCUT2D eigenvalue weighted by molar-refractivity contribution is 5.91. The average molecular weight is 332 g/mol. The van der Waals surface area contributed by atoms with E-state index in [-0.39, 0.29) is 12.4 Å². The summed E-state index contributed by atoms with van der Waals surface area (Å²) in [5, 5.41) is 1.09. The van der Waals surface area contributed by atoms with Gasteiger partial charge in [0.1, 0.15) is 5.82 Å². The van der Waals surface area contributed by atoms with Crippen LogP contribution in [0, 0.1) is 0 Å². The summed E-state index contributed by atoms with van der Waals surface area (Å²) in [6, 6.07) is 15.9. The van der Waals surface area contributed by atoms with Crippen LogP contribution in [0.2, 0.25) is 0 Å². The van der Waals surface area contributed by atoms with E-state index in [1.165, 1.54) is 0 Å². The largest absolute Gasteiger partial charge is 0.466 e. The molecule has 2 aromatic heterocycles. The van der Waals surface area contributed by atoms with Gasteiger partial charge in [0.2, 0.25) is 0 Å². The molecule has 3 aromatic rings. The molecule has 0 radical (unpaired) electrons. The van der Waals surface area contributed by atoms with Gasteiger partial charge in [-0.2, -0.15) is 0 Å². The lowest BCUT2D eigenvalue weighted by Crippen LogP contribution is -2.07. The number of carbonyl (C=O) groups excluding carboxylic acids is 1. The van der Waals surface area contributed by atoms with Crippen LogP contribution < -0.4 is 0 Å². The molecule has 126 valence electrons. The number of ether oxygens (including phenoxy) is 1. The number of benzene rings is 1. The van der Waals surface area contributed by atoms with Gasteiger partial charge in [-0.1, -0.05) is 24.3 Å². The Kier molecular flexibility index (Phi) is 5.12. The third-order valence-corrected chi connectivity index (χ3v) is 3.84. The number of fused-ring (bicyclic) bond motifs is 1. The molecule has 25 heavy (non-hydrogen) atoms. The number of aromatic nitrogens is 2. The van der Waals surface area contributed by atoms with Crippen molar-refractivity contribution in [2.45, 2.75) is 20.3 Å². The van der Waals surface area contributed by atoms with E-state index in [1.54, 1.807) is 6.20 Å². The van der Waals surface area contributed by atoms with E-state index in [4.69, 9.17) is 4.74 Å². The van der Waals surface area contributed by atoms with Gasteiger partial charge in [-0.3, -0.25) is 9.36 Å². The summed E-state index contributed by atoms with van der Waals surface area (Å²) in [4.78, 5) is 16.5. The van der Waals surface area contributed by atoms with Gasteiger partial charge in [0.15, 0.2) is 0 Å². The van der Waals surface area contributed by atoms with Gasteiger partial charge in [0.25, 0.3) is 0 Å². The Balaban J connectivity index is 2.21. The molecule has 0 fully saturated rings. The summed E-state index contributed by atoms with van der Waals surface area (Å²) in [7, 11) is 0. The molecule has 0 aliphatic rings. The maximum absolute atomic E-state index is 12.0. The normalized spacial score (nSPS) is 10.3. The fourth-order valence-electron chi connectivity index (χ4n) is 2.86. The minimum absolute atomic E-state index is 0.168. The molecule has 0 spiro atoms. The number of para-hydroxylation sites is 1. The molecule has 0 aliphatic heterocycles. The molecule has 2 heterocycles. The lowest BCUT2D eigenvalue weighted by Gasteiger charge is -2.11. The van der Waals surface area contributed by atoms with Crippen LogP contribution >= 0.6 is 0 Å². The second kappa shape index (κ2) is 7.65. The Bertz CT molecular complexity index is 948. The number of hydrogen-bond acceptors (Lipinski definition) is 3. The molecular formula is C21H20N2O2.